The molecule has 11 heteroatoms. The number of carbonyl (C=O) groups is 4. The summed E-state index contributed by atoms with van der Waals surface area (Å²) < 4.78 is 5.39. The summed E-state index contributed by atoms with van der Waals surface area (Å²) >= 11 is 30.0. The number of esters is 1. The Balaban J connectivity index is 1.74. The third kappa shape index (κ3) is 5.03. The van der Waals surface area contributed by atoms with Crippen molar-refractivity contribution in [2.75, 3.05) is 5.32 Å². The largest absolute Gasteiger partial charge is 0.453 e. The van der Waals surface area contributed by atoms with Crippen LogP contribution in [0.4, 0.5) is 5.69 Å². The van der Waals surface area contributed by atoms with Crippen molar-refractivity contribution >= 4 is 87.1 Å². The van der Waals surface area contributed by atoms with E-state index < -0.39 is 35.5 Å². The Hall–Kier alpha value is -2.61. The molecular formula is C24H12Cl5NO5. The molecule has 1 amide bonds. The fraction of sp³-hybridized carbons (Fsp3) is 0.0833. The molecule has 178 valence electrons. The smallest absolute Gasteiger partial charge is 0.339 e. The van der Waals surface area contributed by atoms with E-state index in [-0.39, 0.29) is 41.9 Å². The van der Waals surface area contributed by atoms with Crippen molar-refractivity contribution in [1.29, 1.82) is 0 Å². The van der Waals surface area contributed by atoms with E-state index in [0.29, 0.717) is 5.56 Å². The molecule has 4 rings (SSSR count). The van der Waals surface area contributed by atoms with Gasteiger partial charge in [0.25, 0.3) is 5.91 Å². The van der Waals surface area contributed by atoms with Crippen LogP contribution in [0.25, 0.3) is 0 Å². The number of rotatable bonds is 6. The molecule has 0 aliphatic carbocycles. The van der Waals surface area contributed by atoms with Gasteiger partial charge in [0.2, 0.25) is 5.78 Å². The lowest BCUT2D eigenvalue weighted by molar-refractivity contribution is -0.138. The van der Waals surface area contributed by atoms with Gasteiger partial charge in [-0.05, 0) is 36.4 Å². The number of ether oxygens (including phenoxy) is 1. The van der Waals surface area contributed by atoms with E-state index >= 15 is 0 Å². The fourth-order valence-corrected chi connectivity index (χ4v) is 4.48. The third-order valence-corrected chi connectivity index (χ3v) is 7.05. The fourth-order valence-electron chi connectivity index (χ4n) is 3.59. The van der Waals surface area contributed by atoms with E-state index in [1.165, 1.54) is 36.4 Å². The number of Topliss-reactive ketones (excluding diaryl/α,β-unsaturated/α-hetero) is 2. The number of halogens is 5. The number of hydrogen-bond acceptors (Lipinski definition) is 5. The maximum absolute atomic E-state index is 13.5. The molecule has 0 saturated heterocycles. The summed E-state index contributed by atoms with van der Waals surface area (Å²) in [4.78, 5) is 52.3. The molecule has 0 fully saturated rings. The maximum atomic E-state index is 13.5. The van der Waals surface area contributed by atoms with Crippen LogP contribution >= 0.6 is 58.0 Å². The lowest BCUT2D eigenvalue weighted by Crippen LogP contribution is -2.38. The van der Waals surface area contributed by atoms with E-state index in [1.807, 2.05) is 0 Å². The second-order valence-corrected chi connectivity index (χ2v) is 9.48. The molecule has 0 spiro atoms. The predicted molar refractivity (Wildman–Crippen MR) is 134 cm³/mol. The number of amides is 1. The zero-order valence-electron chi connectivity index (χ0n) is 17.3. The Morgan fingerprint density at radius 2 is 1.46 bits per heavy atom. The van der Waals surface area contributed by atoms with E-state index in [4.69, 9.17) is 62.7 Å². The number of ketones is 2. The van der Waals surface area contributed by atoms with Crippen LogP contribution in [-0.2, 0) is 14.3 Å². The molecule has 3 aromatic rings. The van der Waals surface area contributed by atoms with Crippen LogP contribution in [0.1, 0.15) is 32.4 Å². The van der Waals surface area contributed by atoms with Crippen LogP contribution in [0.5, 0.6) is 0 Å². The lowest BCUT2D eigenvalue weighted by atomic mass is 9.84. The molecule has 1 N–H and O–H groups in total. The molecule has 0 unspecified atom stereocenters. The molecule has 0 radical (unpaired) electrons. The lowest BCUT2D eigenvalue weighted by Gasteiger charge is -2.21. The van der Waals surface area contributed by atoms with Crippen molar-refractivity contribution in [3.63, 3.8) is 0 Å². The van der Waals surface area contributed by atoms with Crippen molar-refractivity contribution in [2.24, 2.45) is 5.92 Å². The first-order chi connectivity index (χ1) is 16.6. The van der Waals surface area contributed by atoms with Gasteiger partial charge >= 0.3 is 5.97 Å². The Kier molecular flexibility index (Phi) is 7.40. The topological polar surface area (TPSA) is 89.5 Å². The Morgan fingerprint density at radius 1 is 0.800 bits per heavy atom. The quantitative estimate of drug-likeness (QED) is 0.115. The van der Waals surface area contributed by atoms with E-state index in [2.05, 4.69) is 5.32 Å². The SMILES string of the molecule is O=C(Nc1cc(Cl)c(Cl)cc1Cl)C(=O)[C@H](C(=O)c1ccc(Cl)c(Cl)c1)[C@H]1OC(=O)c2ccccc21. The van der Waals surface area contributed by atoms with Crippen molar-refractivity contribution < 1.29 is 23.9 Å². The first-order valence-corrected chi connectivity index (χ1v) is 11.8. The van der Waals surface area contributed by atoms with Crippen LogP contribution in [0, 0.1) is 5.92 Å². The Morgan fingerprint density at radius 3 is 2.17 bits per heavy atom. The molecule has 3 aromatic carbocycles. The van der Waals surface area contributed by atoms with Gasteiger partial charge in [0.15, 0.2) is 5.78 Å². The monoisotopic (exact) mass is 569 g/mol. The number of hydrogen-bond donors (Lipinski definition) is 1. The number of nitrogens with one attached hydrogen (secondary N) is 1. The second kappa shape index (κ2) is 10.2. The van der Waals surface area contributed by atoms with E-state index in [9.17, 15) is 19.2 Å². The molecule has 0 saturated carbocycles. The summed E-state index contributed by atoms with van der Waals surface area (Å²) in [6, 6.07) is 12.8. The van der Waals surface area contributed by atoms with Crippen LogP contribution in [-0.4, -0.2) is 23.4 Å². The summed E-state index contributed by atoms with van der Waals surface area (Å²) in [5, 5.41) is 2.85. The number of cyclic esters (lactones) is 1. The molecule has 6 nitrogen and oxygen atoms in total. The zero-order chi connectivity index (χ0) is 25.4. The molecule has 1 aliphatic rings. The number of fused-ring (bicyclic) bond motifs is 1. The van der Waals surface area contributed by atoms with Crippen molar-refractivity contribution in [3.8, 4) is 0 Å². The van der Waals surface area contributed by atoms with Gasteiger partial charge in [-0.3, -0.25) is 14.4 Å². The van der Waals surface area contributed by atoms with Crippen LogP contribution in [0.15, 0.2) is 54.6 Å². The number of benzene rings is 3. The predicted octanol–water partition coefficient (Wildman–Crippen LogP) is 6.87. The molecule has 0 bridgehead atoms. The highest BCUT2D eigenvalue weighted by molar-refractivity contribution is 6.48. The second-order valence-electron chi connectivity index (χ2n) is 7.45. The van der Waals surface area contributed by atoms with Crippen LogP contribution < -0.4 is 5.32 Å². The van der Waals surface area contributed by atoms with E-state index in [0.717, 1.165) is 0 Å². The summed E-state index contributed by atoms with van der Waals surface area (Å²) in [7, 11) is 0. The molecular weight excluding hydrogens is 560 g/mol. The highest BCUT2D eigenvalue weighted by Crippen LogP contribution is 2.39. The van der Waals surface area contributed by atoms with Gasteiger partial charge < -0.3 is 10.1 Å². The minimum atomic E-state index is -1.72. The van der Waals surface area contributed by atoms with Gasteiger partial charge in [-0.2, -0.15) is 0 Å². The highest BCUT2D eigenvalue weighted by atomic mass is 35.5. The first kappa shape index (κ1) is 25.5. The molecule has 2 atom stereocenters. The van der Waals surface area contributed by atoms with Crippen LogP contribution in [0.2, 0.25) is 25.1 Å². The Bertz CT molecular complexity index is 1410. The van der Waals surface area contributed by atoms with Crippen molar-refractivity contribution in [3.05, 3.63) is 96.4 Å². The van der Waals surface area contributed by atoms with E-state index in [1.54, 1.807) is 18.2 Å². The summed E-state index contributed by atoms with van der Waals surface area (Å²) in [5.74, 6) is -5.58. The molecule has 1 heterocycles. The average Bonchev–Trinajstić information content (AvgIpc) is 3.15. The van der Waals surface area contributed by atoms with Gasteiger partial charge in [-0.15, -0.1) is 0 Å². The van der Waals surface area contributed by atoms with Gasteiger partial charge in [-0.1, -0.05) is 76.2 Å². The van der Waals surface area contributed by atoms with Gasteiger partial charge in [0, 0.05) is 11.1 Å². The van der Waals surface area contributed by atoms with Gasteiger partial charge in [-0.25, -0.2) is 4.79 Å². The van der Waals surface area contributed by atoms with Gasteiger partial charge in [0.05, 0.1) is 36.4 Å². The standard InChI is InChI=1S/C24H12Cl5NO5/c25-13-6-5-10(7-14(13)26)20(31)19(22-11-3-1-2-4-12(11)24(34)35-22)21(32)23(33)30-18-9-16(28)15(27)8-17(18)29/h1-9,19,22H,(H,30,33)/t19-,22-/m0/s1. The Labute approximate surface area is 224 Å². The minimum absolute atomic E-state index is 0.00134. The maximum Gasteiger partial charge on any atom is 0.339 e. The van der Waals surface area contributed by atoms with Crippen molar-refractivity contribution in [1.82, 2.24) is 0 Å². The first-order valence-electron chi connectivity index (χ1n) is 9.87. The average molecular weight is 572 g/mol. The van der Waals surface area contributed by atoms with Gasteiger partial charge in [0.1, 0.15) is 12.0 Å². The minimum Gasteiger partial charge on any atom is -0.453 e. The zero-order valence-corrected chi connectivity index (χ0v) is 21.1. The summed E-state index contributed by atoms with van der Waals surface area (Å²) in [6.07, 6.45) is -1.34. The van der Waals surface area contributed by atoms with Crippen molar-refractivity contribution in [2.45, 2.75) is 6.10 Å². The summed E-state index contributed by atoms with van der Waals surface area (Å²) in [6.45, 7) is 0. The highest BCUT2D eigenvalue weighted by Gasteiger charge is 2.46. The summed E-state index contributed by atoms with van der Waals surface area (Å²) in [5.41, 5.74) is 0.484. The number of carbonyl (C=O) groups excluding carboxylic acids is 4. The molecule has 1 aliphatic heterocycles. The van der Waals surface area contributed by atoms with Crippen LogP contribution in [0.3, 0.4) is 0 Å². The molecule has 0 aromatic heterocycles. The molecule has 35 heavy (non-hydrogen) atoms. The third-order valence-electron chi connectivity index (χ3n) is 5.27. The number of anilines is 1. The normalized spacial score (nSPS) is 15.2.